The highest BCUT2D eigenvalue weighted by Crippen LogP contribution is 2.19. The van der Waals surface area contributed by atoms with Gasteiger partial charge in [-0.1, -0.05) is 5.21 Å². The van der Waals surface area contributed by atoms with Gasteiger partial charge < -0.3 is 20.7 Å². The first-order valence-corrected chi connectivity index (χ1v) is 8.68. The molecule has 0 atom stereocenters. The number of ether oxygens (including phenoxy) is 1. The summed E-state index contributed by atoms with van der Waals surface area (Å²) in [5.41, 5.74) is 1.98. The average molecular weight is 382 g/mol. The largest absolute Gasteiger partial charge is 0.497 e. The van der Waals surface area contributed by atoms with E-state index in [1.807, 2.05) is 37.3 Å². The maximum absolute atomic E-state index is 11.9. The summed E-state index contributed by atoms with van der Waals surface area (Å²) in [5, 5.41) is 16.6. The first-order chi connectivity index (χ1) is 13.5. The molecular weight excluding hydrogens is 360 g/mol. The summed E-state index contributed by atoms with van der Waals surface area (Å²) < 4.78 is 6.63. The molecule has 0 saturated heterocycles. The molecular formula is C18H22N8O2. The van der Waals surface area contributed by atoms with Gasteiger partial charge in [-0.15, -0.1) is 5.10 Å². The van der Waals surface area contributed by atoms with Crippen molar-refractivity contribution in [1.29, 1.82) is 0 Å². The number of rotatable bonds is 8. The van der Waals surface area contributed by atoms with Crippen molar-refractivity contribution in [3.05, 3.63) is 47.9 Å². The van der Waals surface area contributed by atoms with Crippen molar-refractivity contribution in [2.24, 2.45) is 7.05 Å². The van der Waals surface area contributed by atoms with E-state index in [1.165, 1.54) is 4.68 Å². The monoisotopic (exact) mass is 382 g/mol. The number of nitrogens with one attached hydrogen (secondary N) is 3. The Morgan fingerprint density at radius 3 is 2.64 bits per heavy atom. The van der Waals surface area contributed by atoms with Crippen molar-refractivity contribution in [3.63, 3.8) is 0 Å². The lowest BCUT2D eigenvalue weighted by Gasteiger charge is -2.10. The summed E-state index contributed by atoms with van der Waals surface area (Å²) in [7, 11) is 3.34. The van der Waals surface area contributed by atoms with Gasteiger partial charge in [0.25, 0.3) is 5.91 Å². The van der Waals surface area contributed by atoms with Gasteiger partial charge in [0.1, 0.15) is 11.6 Å². The molecule has 3 N–H and O–H groups in total. The van der Waals surface area contributed by atoms with Gasteiger partial charge in [-0.3, -0.25) is 9.48 Å². The highest BCUT2D eigenvalue weighted by Gasteiger charge is 2.09. The lowest BCUT2D eigenvalue weighted by Crippen LogP contribution is -2.29. The predicted octanol–water partition coefficient (Wildman–Crippen LogP) is 1.51. The minimum atomic E-state index is -0.276. The van der Waals surface area contributed by atoms with Gasteiger partial charge in [-0.05, 0) is 31.2 Å². The van der Waals surface area contributed by atoms with Crippen LogP contribution in [0.25, 0.3) is 0 Å². The summed E-state index contributed by atoms with van der Waals surface area (Å²) in [6.45, 7) is 2.76. The van der Waals surface area contributed by atoms with Crippen LogP contribution in [0, 0.1) is 6.92 Å². The van der Waals surface area contributed by atoms with E-state index >= 15 is 0 Å². The highest BCUT2D eigenvalue weighted by molar-refractivity contribution is 5.91. The molecule has 0 radical (unpaired) electrons. The van der Waals surface area contributed by atoms with E-state index in [1.54, 1.807) is 20.4 Å². The van der Waals surface area contributed by atoms with Crippen LogP contribution >= 0.6 is 0 Å². The van der Waals surface area contributed by atoms with E-state index < -0.39 is 0 Å². The Labute approximate surface area is 162 Å². The van der Waals surface area contributed by atoms with Crippen LogP contribution in [0.5, 0.6) is 5.75 Å². The summed E-state index contributed by atoms with van der Waals surface area (Å²) >= 11 is 0. The van der Waals surface area contributed by atoms with Crippen LogP contribution in [-0.4, -0.2) is 51.1 Å². The quantitative estimate of drug-likeness (QED) is 0.502. The Balaban J connectivity index is 1.53. The van der Waals surface area contributed by atoms with E-state index in [2.05, 4.69) is 36.2 Å². The van der Waals surface area contributed by atoms with E-state index in [-0.39, 0.29) is 11.6 Å². The number of anilines is 3. The number of carbonyl (C=O) groups is 1. The SMILES string of the molecule is COc1ccc(Nc2cc(C)nc(NCCNC(=O)c3cn(C)nn3)n2)cc1. The molecule has 1 amide bonds. The summed E-state index contributed by atoms with van der Waals surface area (Å²) in [4.78, 5) is 20.7. The average Bonchev–Trinajstić information content (AvgIpc) is 3.12. The van der Waals surface area contributed by atoms with E-state index in [4.69, 9.17) is 4.74 Å². The zero-order valence-corrected chi connectivity index (χ0v) is 15.9. The van der Waals surface area contributed by atoms with Crippen molar-refractivity contribution in [1.82, 2.24) is 30.3 Å². The van der Waals surface area contributed by atoms with Gasteiger partial charge in [-0.2, -0.15) is 4.98 Å². The summed E-state index contributed by atoms with van der Waals surface area (Å²) in [6, 6.07) is 9.41. The summed E-state index contributed by atoms with van der Waals surface area (Å²) in [5.74, 6) is 1.66. The lowest BCUT2D eigenvalue weighted by molar-refractivity contribution is 0.0950. The summed E-state index contributed by atoms with van der Waals surface area (Å²) in [6.07, 6.45) is 1.56. The number of aromatic nitrogens is 5. The molecule has 0 bridgehead atoms. The third kappa shape index (κ3) is 5.16. The smallest absolute Gasteiger partial charge is 0.273 e. The molecule has 0 spiro atoms. The highest BCUT2D eigenvalue weighted by atomic mass is 16.5. The van der Waals surface area contributed by atoms with Gasteiger partial charge >= 0.3 is 0 Å². The first-order valence-electron chi connectivity index (χ1n) is 8.68. The molecule has 146 valence electrons. The predicted molar refractivity (Wildman–Crippen MR) is 105 cm³/mol. The molecule has 10 heteroatoms. The molecule has 2 aromatic heterocycles. The van der Waals surface area contributed by atoms with Crippen molar-refractivity contribution >= 4 is 23.4 Å². The number of amides is 1. The Morgan fingerprint density at radius 1 is 1.18 bits per heavy atom. The number of carbonyl (C=O) groups excluding carboxylic acids is 1. The fraction of sp³-hybridized carbons (Fsp3) is 0.278. The molecule has 28 heavy (non-hydrogen) atoms. The van der Waals surface area contributed by atoms with Crippen molar-refractivity contribution in [2.75, 3.05) is 30.8 Å². The third-order valence-electron chi connectivity index (χ3n) is 3.75. The number of aryl methyl sites for hydroxylation is 2. The molecule has 1 aromatic carbocycles. The maximum Gasteiger partial charge on any atom is 0.273 e. The molecule has 10 nitrogen and oxygen atoms in total. The Kier molecular flexibility index (Phi) is 6.00. The van der Waals surface area contributed by atoms with Gasteiger partial charge in [0, 0.05) is 37.6 Å². The molecule has 0 aliphatic carbocycles. The van der Waals surface area contributed by atoms with E-state index in [0.29, 0.717) is 24.9 Å². The molecule has 0 fully saturated rings. The molecule has 0 aliphatic rings. The van der Waals surface area contributed by atoms with Crippen molar-refractivity contribution in [2.45, 2.75) is 6.92 Å². The minimum Gasteiger partial charge on any atom is -0.497 e. The van der Waals surface area contributed by atoms with Crippen LogP contribution in [-0.2, 0) is 7.05 Å². The van der Waals surface area contributed by atoms with Crippen LogP contribution in [0.1, 0.15) is 16.2 Å². The zero-order chi connectivity index (χ0) is 19.9. The van der Waals surface area contributed by atoms with Crippen molar-refractivity contribution < 1.29 is 9.53 Å². The van der Waals surface area contributed by atoms with Gasteiger partial charge in [0.2, 0.25) is 5.95 Å². The maximum atomic E-state index is 11.9. The van der Waals surface area contributed by atoms with Gasteiger partial charge in [0.15, 0.2) is 5.69 Å². The number of benzene rings is 1. The number of hydrogen-bond acceptors (Lipinski definition) is 8. The minimum absolute atomic E-state index is 0.276. The Morgan fingerprint density at radius 2 is 1.96 bits per heavy atom. The fourth-order valence-electron chi connectivity index (χ4n) is 2.43. The molecule has 0 aliphatic heterocycles. The number of methoxy groups -OCH3 is 1. The number of nitrogens with zero attached hydrogens (tertiary/aromatic N) is 5. The van der Waals surface area contributed by atoms with Crippen LogP contribution < -0.4 is 20.7 Å². The molecule has 2 heterocycles. The Bertz CT molecular complexity index is 939. The van der Waals surface area contributed by atoms with Crippen molar-refractivity contribution in [3.8, 4) is 5.75 Å². The topological polar surface area (TPSA) is 119 Å². The van der Waals surface area contributed by atoms with Gasteiger partial charge in [0.05, 0.1) is 13.3 Å². The molecule has 3 rings (SSSR count). The normalized spacial score (nSPS) is 10.4. The van der Waals surface area contributed by atoms with Crippen LogP contribution in [0.2, 0.25) is 0 Å². The second-order valence-corrected chi connectivity index (χ2v) is 6.03. The first kappa shape index (κ1) is 19.1. The second kappa shape index (κ2) is 8.80. The fourth-order valence-corrected chi connectivity index (χ4v) is 2.43. The van der Waals surface area contributed by atoms with E-state index in [0.717, 1.165) is 17.1 Å². The second-order valence-electron chi connectivity index (χ2n) is 6.03. The lowest BCUT2D eigenvalue weighted by atomic mass is 10.3. The molecule has 0 unspecified atom stereocenters. The van der Waals surface area contributed by atoms with Gasteiger partial charge in [-0.25, -0.2) is 4.98 Å². The Hall–Kier alpha value is -3.69. The standard InChI is InChI=1S/C18H22N8O2/c1-12-10-16(22-13-4-6-14(28-3)7-5-13)23-18(21-12)20-9-8-19-17(27)15-11-26(2)25-24-15/h4-7,10-11H,8-9H2,1-3H3,(H,19,27)(H2,20,21,22,23). The molecule has 3 aromatic rings. The van der Waals surface area contributed by atoms with Crippen LogP contribution in [0.15, 0.2) is 36.5 Å². The molecule has 0 saturated carbocycles. The third-order valence-corrected chi connectivity index (χ3v) is 3.75. The number of hydrogen-bond donors (Lipinski definition) is 3. The van der Waals surface area contributed by atoms with Crippen LogP contribution in [0.4, 0.5) is 17.5 Å². The van der Waals surface area contributed by atoms with E-state index in [9.17, 15) is 4.79 Å². The zero-order valence-electron chi connectivity index (χ0n) is 15.9. The van der Waals surface area contributed by atoms with Crippen LogP contribution in [0.3, 0.4) is 0 Å².